The predicted molar refractivity (Wildman–Crippen MR) is 77.0 cm³/mol. The lowest BCUT2D eigenvalue weighted by Gasteiger charge is -2.10. The summed E-state index contributed by atoms with van der Waals surface area (Å²) in [6, 6.07) is 0. The van der Waals surface area contributed by atoms with Gasteiger partial charge in [0.2, 0.25) is 0 Å². The zero-order valence-corrected chi connectivity index (χ0v) is 11.3. The smallest absolute Gasteiger partial charge is 0.165 e. The number of imidazole rings is 1. The fourth-order valence-electron chi connectivity index (χ4n) is 2.13. The Hall–Kier alpha value is -2.70. The SMILES string of the molecule is Cc1cnc(Cn2cnc3c(N)ncnc32)c(C)c1N. The van der Waals surface area contributed by atoms with E-state index in [1.807, 2.05) is 18.4 Å². The van der Waals surface area contributed by atoms with Gasteiger partial charge in [0, 0.05) is 11.9 Å². The topological polar surface area (TPSA) is 109 Å². The first-order chi connectivity index (χ1) is 9.58. The number of nitrogen functional groups attached to an aromatic ring is 2. The molecule has 0 radical (unpaired) electrons. The van der Waals surface area contributed by atoms with Crippen LogP contribution in [0.2, 0.25) is 0 Å². The third kappa shape index (κ3) is 1.83. The molecule has 7 heteroatoms. The summed E-state index contributed by atoms with van der Waals surface area (Å²) >= 11 is 0. The van der Waals surface area contributed by atoms with Crippen molar-refractivity contribution in [1.82, 2.24) is 24.5 Å². The Kier molecular flexibility index (Phi) is 2.74. The third-order valence-corrected chi connectivity index (χ3v) is 3.43. The molecule has 0 aliphatic carbocycles. The molecule has 0 aromatic carbocycles. The van der Waals surface area contributed by atoms with E-state index in [4.69, 9.17) is 11.5 Å². The summed E-state index contributed by atoms with van der Waals surface area (Å²) in [6.07, 6.45) is 4.90. The van der Waals surface area contributed by atoms with Gasteiger partial charge >= 0.3 is 0 Å². The minimum atomic E-state index is 0.377. The second kappa shape index (κ2) is 4.44. The lowest BCUT2D eigenvalue weighted by molar-refractivity contribution is 0.780. The molecule has 0 fully saturated rings. The number of anilines is 2. The molecule has 0 unspecified atom stereocenters. The fourth-order valence-corrected chi connectivity index (χ4v) is 2.13. The molecule has 20 heavy (non-hydrogen) atoms. The van der Waals surface area contributed by atoms with E-state index in [2.05, 4.69) is 19.9 Å². The highest BCUT2D eigenvalue weighted by Gasteiger charge is 2.11. The number of hydrogen-bond acceptors (Lipinski definition) is 6. The average molecular weight is 269 g/mol. The van der Waals surface area contributed by atoms with Gasteiger partial charge in [-0.15, -0.1) is 0 Å². The number of aromatic nitrogens is 5. The van der Waals surface area contributed by atoms with Crippen LogP contribution < -0.4 is 11.5 Å². The molecule has 102 valence electrons. The first kappa shape index (κ1) is 12.3. The van der Waals surface area contributed by atoms with Crippen molar-refractivity contribution in [2.45, 2.75) is 20.4 Å². The Morgan fingerprint density at radius 1 is 1.10 bits per heavy atom. The maximum absolute atomic E-state index is 6.04. The van der Waals surface area contributed by atoms with Crippen LogP contribution in [-0.2, 0) is 6.54 Å². The predicted octanol–water partition coefficient (Wildman–Crippen LogP) is 1.05. The number of hydrogen-bond donors (Lipinski definition) is 2. The van der Waals surface area contributed by atoms with Crippen LogP contribution in [0.25, 0.3) is 11.2 Å². The van der Waals surface area contributed by atoms with Gasteiger partial charge in [0.15, 0.2) is 11.5 Å². The van der Waals surface area contributed by atoms with Crippen molar-refractivity contribution in [3.63, 3.8) is 0 Å². The number of nitrogens with zero attached hydrogens (tertiary/aromatic N) is 5. The largest absolute Gasteiger partial charge is 0.398 e. The number of fused-ring (bicyclic) bond motifs is 1. The van der Waals surface area contributed by atoms with Crippen LogP contribution in [0.15, 0.2) is 18.9 Å². The second-order valence-corrected chi connectivity index (χ2v) is 4.73. The van der Waals surface area contributed by atoms with Gasteiger partial charge < -0.3 is 16.0 Å². The minimum Gasteiger partial charge on any atom is -0.398 e. The van der Waals surface area contributed by atoms with Gasteiger partial charge in [0.25, 0.3) is 0 Å². The van der Waals surface area contributed by atoms with Crippen LogP contribution in [0.3, 0.4) is 0 Å². The summed E-state index contributed by atoms with van der Waals surface area (Å²) in [4.78, 5) is 16.8. The Morgan fingerprint density at radius 2 is 1.90 bits per heavy atom. The molecule has 0 aliphatic heterocycles. The zero-order valence-electron chi connectivity index (χ0n) is 11.3. The lowest BCUT2D eigenvalue weighted by Crippen LogP contribution is -2.07. The third-order valence-electron chi connectivity index (χ3n) is 3.43. The number of aryl methyl sites for hydroxylation is 1. The van der Waals surface area contributed by atoms with Crippen molar-refractivity contribution in [3.8, 4) is 0 Å². The Morgan fingerprint density at radius 3 is 2.70 bits per heavy atom. The maximum Gasteiger partial charge on any atom is 0.165 e. The Balaban J connectivity index is 2.06. The molecule has 7 nitrogen and oxygen atoms in total. The first-order valence-corrected chi connectivity index (χ1v) is 6.19. The Bertz CT molecular complexity index is 791. The van der Waals surface area contributed by atoms with Crippen LogP contribution in [-0.4, -0.2) is 24.5 Å². The number of rotatable bonds is 2. The molecular formula is C13H15N7. The molecule has 3 rings (SSSR count). The summed E-state index contributed by atoms with van der Waals surface area (Å²) in [6.45, 7) is 4.45. The van der Waals surface area contributed by atoms with Crippen LogP contribution in [0, 0.1) is 13.8 Å². The summed E-state index contributed by atoms with van der Waals surface area (Å²) in [5.74, 6) is 0.377. The van der Waals surface area contributed by atoms with E-state index in [1.54, 1.807) is 12.5 Å². The van der Waals surface area contributed by atoms with Crippen molar-refractivity contribution >= 4 is 22.7 Å². The van der Waals surface area contributed by atoms with Crippen molar-refractivity contribution in [2.75, 3.05) is 11.5 Å². The van der Waals surface area contributed by atoms with E-state index >= 15 is 0 Å². The summed E-state index contributed by atoms with van der Waals surface area (Å²) < 4.78 is 1.89. The molecule has 0 spiro atoms. The normalized spacial score (nSPS) is 11.1. The minimum absolute atomic E-state index is 0.377. The van der Waals surface area contributed by atoms with E-state index < -0.39 is 0 Å². The van der Waals surface area contributed by atoms with Crippen molar-refractivity contribution < 1.29 is 0 Å². The van der Waals surface area contributed by atoms with Crippen LogP contribution in [0.5, 0.6) is 0 Å². The van der Waals surface area contributed by atoms with Crippen LogP contribution >= 0.6 is 0 Å². The molecule has 3 aromatic heterocycles. The summed E-state index contributed by atoms with van der Waals surface area (Å²) in [7, 11) is 0. The standard InChI is InChI=1S/C13H15N7/c1-7-3-16-9(8(2)10(7)14)4-20-6-19-11-12(15)17-5-18-13(11)20/h3,5-6H,4H2,1-2H3,(H2,14,16)(H2,15,17,18). The van der Waals surface area contributed by atoms with Gasteiger partial charge in [-0.1, -0.05) is 0 Å². The molecule has 0 aliphatic rings. The van der Waals surface area contributed by atoms with Crippen molar-refractivity contribution in [1.29, 1.82) is 0 Å². The van der Waals surface area contributed by atoms with Gasteiger partial charge in [-0.2, -0.15) is 0 Å². The molecule has 0 saturated carbocycles. The molecular weight excluding hydrogens is 254 g/mol. The van der Waals surface area contributed by atoms with Crippen molar-refractivity contribution in [3.05, 3.63) is 35.7 Å². The number of nitrogens with two attached hydrogens (primary N) is 2. The molecule has 0 bridgehead atoms. The quantitative estimate of drug-likeness (QED) is 0.719. The summed E-state index contributed by atoms with van der Waals surface area (Å²) in [5, 5.41) is 0. The highest BCUT2D eigenvalue weighted by molar-refractivity contribution is 5.81. The monoisotopic (exact) mass is 269 g/mol. The highest BCUT2D eigenvalue weighted by Crippen LogP contribution is 2.20. The molecule has 0 atom stereocenters. The Labute approximate surface area is 115 Å². The van der Waals surface area contributed by atoms with Gasteiger partial charge in [-0.05, 0) is 25.0 Å². The lowest BCUT2D eigenvalue weighted by atomic mass is 10.1. The van der Waals surface area contributed by atoms with Gasteiger partial charge in [0.05, 0.1) is 18.6 Å². The molecule has 3 aromatic rings. The van der Waals surface area contributed by atoms with Gasteiger partial charge in [-0.3, -0.25) is 4.98 Å². The van der Waals surface area contributed by atoms with E-state index in [9.17, 15) is 0 Å². The van der Waals surface area contributed by atoms with E-state index in [0.29, 0.717) is 23.5 Å². The zero-order chi connectivity index (χ0) is 14.3. The fraction of sp³-hybridized carbons (Fsp3) is 0.231. The van der Waals surface area contributed by atoms with Gasteiger partial charge in [-0.25, -0.2) is 15.0 Å². The highest BCUT2D eigenvalue weighted by atomic mass is 15.1. The molecule has 0 saturated heterocycles. The second-order valence-electron chi connectivity index (χ2n) is 4.73. The van der Waals surface area contributed by atoms with E-state index in [-0.39, 0.29) is 0 Å². The average Bonchev–Trinajstić information content (AvgIpc) is 2.84. The first-order valence-electron chi connectivity index (χ1n) is 6.19. The van der Waals surface area contributed by atoms with Crippen LogP contribution in [0.1, 0.15) is 16.8 Å². The van der Waals surface area contributed by atoms with Crippen molar-refractivity contribution in [2.24, 2.45) is 0 Å². The summed E-state index contributed by atoms with van der Waals surface area (Å²) in [5.41, 5.74) is 16.7. The molecule has 3 heterocycles. The van der Waals surface area contributed by atoms with E-state index in [0.717, 1.165) is 22.5 Å². The molecule has 4 N–H and O–H groups in total. The number of pyridine rings is 1. The van der Waals surface area contributed by atoms with E-state index in [1.165, 1.54) is 6.33 Å². The van der Waals surface area contributed by atoms with Gasteiger partial charge in [0.1, 0.15) is 11.8 Å². The van der Waals surface area contributed by atoms with Crippen LogP contribution in [0.4, 0.5) is 11.5 Å². The maximum atomic E-state index is 6.04. The molecule has 0 amide bonds.